The van der Waals surface area contributed by atoms with Gasteiger partial charge >= 0.3 is 0 Å². The first-order valence-corrected chi connectivity index (χ1v) is 4.50. The molecule has 13 heavy (non-hydrogen) atoms. The zero-order chi connectivity index (χ0) is 9.47. The molecule has 1 aliphatic rings. The van der Waals surface area contributed by atoms with E-state index in [9.17, 15) is 5.11 Å². The summed E-state index contributed by atoms with van der Waals surface area (Å²) in [6.45, 7) is 0.514. The molecule has 0 saturated carbocycles. The predicted molar refractivity (Wildman–Crippen MR) is 49.0 cm³/mol. The van der Waals surface area contributed by atoms with Crippen molar-refractivity contribution in [2.75, 3.05) is 13.2 Å². The van der Waals surface area contributed by atoms with Crippen molar-refractivity contribution >= 4 is 23.2 Å². The Labute approximate surface area is 85.3 Å². The van der Waals surface area contributed by atoms with Crippen LogP contribution in [-0.2, 0) is 10.3 Å². The van der Waals surface area contributed by atoms with Gasteiger partial charge in [-0.3, -0.25) is 0 Å². The molecule has 3 nitrogen and oxygen atoms in total. The van der Waals surface area contributed by atoms with E-state index < -0.39 is 5.60 Å². The summed E-state index contributed by atoms with van der Waals surface area (Å²) in [5.41, 5.74) is -0.399. The van der Waals surface area contributed by atoms with Gasteiger partial charge in [0.05, 0.1) is 18.2 Å². The van der Waals surface area contributed by atoms with E-state index in [1.54, 1.807) is 6.07 Å². The van der Waals surface area contributed by atoms with Gasteiger partial charge in [-0.2, -0.15) is 0 Å². The smallest absolute Gasteiger partial charge is 0.147 e. The Kier molecular flexibility index (Phi) is 2.20. The van der Waals surface area contributed by atoms with Crippen LogP contribution in [-0.4, -0.2) is 23.3 Å². The minimum absolute atomic E-state index is 0.208. The minimum Gasteiger partial charge on any atom is -0.380 e. The Morgan fingerprint density at radius 1 is 1.46 bits per heavy atom. The lowest BCUT2D eigenvalue weighted by Gasteiger charge is -2.37. The quantitative estimate of drug-likeness (QED) is 0.731. The molecule has 0 atom stereocenters. The van der Waals surface area contributed by atoms with Crippen LogP contribution in [0.2, 0.25) is 10.2 Å². The van der Waals surface area contributed by atoms with Crippen molar-refractivity contribution in [3.8, 4) is 0 Å². The van der Waals surface area contributed by atoms with Crippen LogP contribution < -0.4 is 0 Å². The lowest BCUT2D eigenvalue weighted by Crippen LogP contribution is -2.46. The first kappa shape index (κ1) is 9.21. The summed E-state index contributed by atoms with van der Waals surface area (Å²) in [5.74, 6) is 0. The van der Waals surface area contributed by atoms with Crippen molar-refractivity contribution in [2.24, 2.45) is 0 Å². The second kappa shape index (κ2) is 3.10. The second-order valence-corrected chi connectivity index (χ2v) is 3.72. The Morgan fingerprint density at radius 3 is 2.69 bits per heavy atom. The lowest BCUT2D eigenvalue weighted by molar-refractivity contribution is -0.184. The van der Waals surface area contributed by atoms with E-state index in [-0.39, 0.29) is 18.4 Å². The van der Waals surface area contributed by atoms with E-state index in [4.69, 9.17) is 27.9 Å². The standard InChI is InChI=1S/C8H7Cl2NO2/c9-6-5(1-2-11-7(6)10)8(12)3-13-4-8/h1-2,12H,3-4H2. The highest BCUT2D eigenvalue weighted by Crippen LogP contribution is 2.36. The van der Waals surface area contributed by atoms with E-state index in [1.807, 2.05) is 0 Å². The summed E-state index contributed by atoms with van der Waals surface area (Å²) >= 11 is 11.6. The molecule has 1 aromatic heterocycles. The normalized spacial score (nSPS) is 19.6. The van der Waals surface area contributed by atoms with Crippen molar-refractivity contribution < 1.29 is 9.84 Å². The van der Waals surface area contributed by atoms with Gasteiger partial charge in [0.2, 0.25) is 0 Å². The Balaban J connectivity index is 2.45. The Bertz CT molecular complexity index is 339. The van der Waals surface area contributed by atoms with Gasteiger partial charge in [-0.25, -0.2) is 4.98 Å². The van der Waals surface area contributed by atoms with Crippen LogP contribution in [0.5, 0.6) is 0 Å². The average Bonchev–Trinajstić information content (AvgIpc) is 2.06. The van der Waals surface area contributed by atoms with Gasteiger partial charge in [0.25, 0.3) is 0 Å². The summed E-state index contributed by atoms with van der Waals surface area (Å²) in [6.07, 6.45) is 1.51. The van der Waals surface area contributed by atoms with Gasteiger partial charge in [0, 0.05) is 11.8 Å². The number of nitrogens with zero attached hydrogens (tertiary/aromatic N) is 1. The number of halogens is 2. The lowest BCUT2D eigenvalue weighted by atomic mass is 9.93. The van der Waals surface area contributed by atoms with Crippen molar-refractivity contribution in [1.82, 2.24) is 4.98 Å². The van der Waals surface area contributed by atoms with Gasteiger partial charge in [-0.05, 0) is 6.07 Å². The topological polar surface area (TPSA) is 42.4 Å². The molecule has 0 bridgehead atoms. The van der Waals surface area contributed by atoms with Crippen LogP contribution >= 0.6 is 23.2 Å². The molecule has 70 valence electrons. The molecule has 0 unspecified atom stereocenters. The molecule has 2 heterocycles. The van der Waals surface area contributed by atoms with Gasteiger partial charge in [0.15, 0.2) is 0 Å². The minimum atomic E-state index is -0.982. The average molecular weight is 220 g/mol. The second-order valence-electron chi connectivity index (χ2n) is 2.99. The first-order valence-electron chi connectivity index (χ1n) is 3.74. The Morgan fingerprint density at radius 2 is 2.15 bits per heavy atom. The van der Waals surface area contributed by atoms with Crippen molar-refractivity contribution in [3.63, 3.8) is 0 Å². The van der Waals surface area contributed by atoms with Crippen molar-refractivity contribution in [1.29, 1.82) is 0 Å². The third-order valence-corrected chi connectivity index (χ3v) is 2.80. The maximum atomic E-state index is 9.89. The number of hydrogen-bond donors (Lipinski definition) is 1. The zero-order valence-corrected chi connectivity index (χ0v) is 8.14. The molecule has 1 fully saturated rings. The SMILES string of the molecule is OC1(c2ccnc(Cl)c2Cl)COC1. The number of hydrogen-bond acceptors (Lipinski definition) is 3. The van der Waals surface area contributed by atoms with E-state index in [2.05, 4.69) is 4.98 Å². The highest BCUT2D eigenvalue weighted by molar-refractivity contribution is 6.41. The van der Waals surface area contributed by atoms with E-state index in [1.165, 1.54) is 6.20 Å². The molecule has 0 aromatic carbocycles. The number of aliphatic hydroxyl groups is 1. The van der Waals surface area contributed by atoms with E-state index in [0.717, 1.165) is 0 Å². The molecule has 0 amide bonds. The molecule has 0 radical (unpaired) electrons. The summed E-state index contributed by atoms with van der Waals surface area (Å²) in [5, 5.41) is 10.4. The van der Waals surface area contributed by atoms with Gasteiger partial charge in [-0.1, -0.05) is 23.2 Å². The van der Waals surface area contributed by atoms with Crippen LogP contribution in [0.3, 0.4) is 0 Å². The molecule has 5 heteroatoms. The van der Waals surface area contributed by atoms with Crippen molar-refractivity contribution in [3.05, 3.63) is 28.0 Å². The highest BCUT2D eigenvalue weighted by Gasteiger charge is 2.40. The number of aromatic nitrogens is 1. The molecular formula is C8H7Cl2NO2. The molecule has 1 N–H and O–H groups in total. The molecule has 1 aromatic rings. The van der Waals surface area contributed by atoms with Crippen LogP contribution in [0, 0.1) is 0 Å². The maximum Gasteiger partial charge on any atom is 0.147 e. The molecular weight excluding hydrogens is 213 g/mol. The third kappa shape index (κ3) is 1.42. The number of rotatable bonds is 1. The predicted octanol–water partition coefficient (Wildman–Crippen LogP) is 1.61. The summed E-state index contributed by atoms with van der Waals surface area (Å²) in [4.78, 5) is 3.79. The van der Waals surface area contributed by atoms with Crippen LogP contribution in [0.4, 0.5) is 0 Å². The molecule has 0 aliphatic carbocycles. The van der Waals surface area contributed by atoms with Gasteiger partial charge in [-0.15, -0.1) is 0 Å². The first-order chi connectivity index (χ1) is 6.13. The molecule has 1 aliphatic heterocycles. The summed E-state index contributed by atoms with van der Waals surface area (Å²) in [6, 6.07) is 1.65. The van der Waals surface area contributed by atoms with E-state index >= 15 is 0 Å². The fourth-order valence-electron chi connectivity index (χ4n) is 1.23. The Hall–Kier alpha value is -0.350. The maximum absolute atomic E-state index is 9.89. The van der Waals surface area contributed by atoms with Crippen LogP contribution in [0.25, 0.3) is 0 Å². The summed E-state index contributed by atoms with van der Waals surface area (Å²) < 4.78 is 4.92. The molecule has 1 saturated heterocycles. The third-order valence-electron chi connectivity index (χ3n) is 2.03. The fourth-order valence-corrected chi connectivity index (χ4v) is 1.67. The van der Waals surface area contributed by atoms with Gasteiger partial charge < -0.3 is 9.84 Å². The molecule has 0 spiro atoms. The highest BCUT2D eigenvalue weighted by atomic mass is 35.5. The fraction of sp³-hybridized carbons (Fsp3) is 0.375. The van der Waals surface area contributed by atoms with Crippen molar-refractivity contribution in [2.45, 2.75) is 5.60 Å². The van der Waals surface area contributed by atoms with Gasteiger partial charge in [0.1, 0.15) is 10.8 Å². The number of ether oxygens (including phenoxy) is 1. The van der Waals surface area contributed by atoms with E-state index in [0.29, 0.717) is 10.6 Å². The van der Waals surface area contributed by atoms with Crippen LogP contribution in [0.15, 0.2) is 12.3 Å². The number of pyridine rings is 1. The summed E-state index contributed by atoms with van der Waals surface area (Å²) in [7, 11) is 0. The van der Waals surface area contributed by atoms with Crippen LogP contribution in [0.1, 0.15) is 5.56 Å². The monoisotopic (exact) mass is 219 g/mol. The molecule has 2 rings (SSSR count). The largest absolute Gasteiger partial charge is 0.380 e. The zero-order valence-electron chi connectivity index (χ0n) is 6.63.